The van der Waals surface area contributed by atoms with Gasteiger partial charge in [-0.1, -0.05) is 66.7 Å². The molecule has 0 aliphatic heterocycles. The molecule has 0 aromatic heterocycles. The quantitative estimate of drug-likeness (QED) is 0.637. The van der Waals surface area contributed by atoms with Crippen LogP contribution in [0.25, 0.3) is 0 Å². The molecule has 3 aromatic carbocycles. The SMILES string of the molecule is N#Cc1ccc2c(c1)CCC(N(Cc1ccccc1)Cc1ccccc1)C2. The lowest BCUT2D eigenvalue weighted by Crippen LogP contribution is -2.38. The molecule has 0 heterocycles. The van der Waals surface area contributed by atoms with Crippen LogP contribution in [0.15, 0.2) is 78.9 Å². The second-order valence-corrected chi connectivity index (χ2v) is 7.37. The number of fused-ring (bicyclic) bond motifs is 1. The van der Waals surface area contributed by atoms with E-state index in [0.29, 0.717) is 6.04 Å². The first-order chi connectivity index (χ1) is 13.3. The van der Waals surface area contributed by atoms with Gasteiger partial charge in [0.2, 0.25) is 0 Å². The van der Waals surface area contributed by atoms with Crippen molar-refractivity contribution in [3.63, 3.8) is 0 Å². The molecule has 2 nitrogen and oxygen atoms in total. The minimum absolute atomic E-state index is 0.519. The van der Waals surface area contributed by atoms with Crippen molar-refractivity contribution in [3.8, 4) is 6.07 Å². The maximum Gasteiger partial charge on any atom is 0.0991 e. The Bertz CT molecular complexity index is 884. The zero-order valence-electron chi connectivity index (χ0n) is 15.5. The Morgan fingerprint density at radius 1 is 0.815 bits per heavy atom. The second-order valence-electron chi connectivity index (χ2n) is 7.37. The Hall–Kier alpha value is -2.89. The number of nitriles is 1. The van der Waals surface area contributed by atoms with Gasteiger partial charge in [-0.25, -0.2) is 0 Å². The zero-order valence-corrected chi connectivity index (χ0v) is 15.5. The van der Waals surface area contributed by atoms with Crippen LogP contribution in [0.4, 0.5) is 0 Å². The van der Waals surface area contributed by atoms with Gasteiger partial charge in [-0.3, -0.25) is 4.90 Å². The third-order valence-corrected chi connectivity index (χ3v) is 5.51. The fourth-order valence-electron chi connectivity index (χ4n) is 4.07. The van der Waals surface area contributed by atoms with E-state index in [0.717, 1.165) is 37.9 Å². The van der Waals surface area contributed by atoms with Crippen molar-refractivity contribution in [3.05, 3.63) is 107 Å². The lowest BCUT2D eigenvalue weighted by molar-refractivity contribution is 0.162. The normalized spacial score (nSPS) is 15.9. The summed E-state index contributed by atoms with van der Waals surface area (Å²) in [7, 11) is 0. The molecule has 27 heavy (non-hydrogen) atoms. The predicted octanol–water partition coefficient (Wildman–Crippen LogP) is 5.12. The largest absolute Gasteiger partial charge is 0.292 e. The second kappa shape index (κ2) is 8.20. The summed E-state index contributed by atoms with van der Waals surface area (Å²) >= 11 is 0. The molecule has 1 aliphatic carbocycles. The Morgan fingerprint density at radius 2 is 1.44 bits per heavy atom. The number of hydrogen-bond donors (Lipinski definition) is 0. The van der Waals surface area contributed by atoms with E-state index in [9.17, 15) is 0 Å². The van der Waals surface area contributed by atoms with E-state index in [-0.39, 0.29) is 0 Å². The highest BCUT2D eigenvalue weighted by molar-refractivity contribution is 5.40. The Labute approximate surface area is 161 Å². The van der Waals surface area contributed by atoms with Gasteiger partial charge in [-0.15, -0.1) is 0 Å². The van der Waals surface area contributed by atoms with Crippen molar-refractivity contribution < 1.29 is 0 Å². The van der Waals surface area contributed by atoms with Crippen LogP contribution in [-0.4, -0.2) is 10.9 Å². The van der Waals surface area contributed by atoms with Gasteiger partial charge in [0.25, 0.3) is 0 Å². The molecule has 1 unspecified atom stereocenters. The molecule has 0 spiro atoms. The van der Waals surface area contributed by atoms with Crippen LogP contribution in [-0.2, 0) is 25.9 Å². The average Bonchev–Trinajstić information content (AvgIpc) is 2.74. The third kappa shape index (κ3) is 4.27. The van der Waals surface area contributed by atoms with E-state index >= 15 is 0 Å². The molecule has 0 saturated carbocycles. The summed E-state index contributed by atoms with van der Waals surface area (Å²) in [6.45, 7) is 1.93. The molecule has 0 fully saturated rings. The van der Waals surface area contributed by atoms with Crippen LogP contribution in [0, 0.1) is 11.3 Å². The molecular weight excluding hydrogens is 328 g/mol. The molecule has 1 aliphatic rings. The van der Waals surface area contributed by atoms with E-state index in [1.807, 2.05) is 6.07 Å². The fourth-order valence-corrected chi connectivity index (χ4v) is 4.07. The highest BCUT2D eigenvalue weighted by Gasteiger charge is 2.24. The molecule has 0 radical (unpaired) electrons. The van der Waals surface area contributed by atoms with Gasteiger partial charge >= 0.3 is 0 Å². The highest BCUT2D eigenvalue weighted by atomic mass is 15.2. The Kier molecular flexibility index (Phi) is 5.32. The first kappa shape index (κ1) is 17.5. The van der Waals surface area contributed by atoms with Gasteiger partial charge in [0.1, 0.15) is 0 Å². The first-order valence-electron chi connectivity index (χ1n) is 9.65. The van der Waals surface area contributed by atoms with E-state index in [1.165, 1.54) is 22.3 Å². The smallest absolute Gasteiger partial charge is 0.0991 e. The van der Waals surface area contributed by atoms with Crippen molar-refractivity contribution in [2.75, 3.05) is 0 Å². The van der Waals surface area contributed by atoms with Gasteiger partial charge in [0.05, 0.1) is 11.6 Å². The van der Waals surface area contributed by atoms with Crippen molar-refractivity contribution >= 4 is 0 Å². The molecule has 0 saturated heterocycles. The topological polar surface area (TPSA) is 27.0 Å². The third-order valence-electron chi connectivity index (χ3n) is 5.51. The Morgan fingerprint density at radius 3 is 2.04 bits per heavy atom. The lowest BCUT2D eigenvalue weighted by atomic mass is 9.86. The maximum absolute atomic E-state index is 9.15. The van der Waals surface area contributed by atoms with Crippen LogP contribution in [0.2, 0.25) is 0 Å². The van der Waals surface area contributed by atoms with E-state index in [2.05, 4.69) is 83.8 Å². The summed E-state index contributed by atoms with van der Waals surface area (Å²) in [5.41, 5.74) is 6.25. The summed E-state index contributed by atoms with van der Waals surface area (Å²) in [5.74, 6) is 0. The molecule has 2 heteroatoms. The van der Waals surface area contributed by atoms with Crippen LogP contribution >= 0.6 is 0 Å². The molecule has 1 atom stereocenters. The maximum atomic E-state index is 9.15. The van der Waals surface area contributed by atoms with Crippen molar-refractivity contribution in [1.29, 1.82) is 5.26 Å². The Balaban J connectivity index is 1.57. The number of nitrogens with zero attached hydrogens (tertiary/aromatic N) is 2. The van der Waals surface area contributed by atoms with Crippen molar-refractivity contribution in [2.24, 2.45) is 0 Å². The highest BCUT2D eigenvalue weighted by Crippen LogP contribution is 2.27. The van der Waals surface area contributed by atoms with Gasteiger partial charge in [0, 0.05) is 19.1 Å². The van der Waals surface area contributed by atoms with Crippen LogP contribution in [0.3, 0.4) is 0 Å². The molecule has 0 amide bonds. The van der Waals surface area contributed by atoms with E-state index < -0.39 is 0 Å². The van der Waals surface area contributed by atoms with Crippen molar-refractivity contribution in [2.45, 2.75) is 38.4 Å². The van der Waals surface area contributed by atoms with E-state index in [1.54, 1.807) is 0 Å². The molecular formula is C25H24N2. The molecule has 4 rings (SSSR count). The number of rotatable bonds is 5. The minimum atomic E-state index is 0.519. The van der Waals surface area contributed by atoms with Gasteiger partial charge in [-0.05, 0) is 53.6 Å². The van der Waals surface area contributed by atoms with E-state index in [4.69, 9.17) is 5.26 Å². The molecule has 0 N–H and O–H groups in total. The molecule has 0 bridgehead atoms. The molecule has 134 valence electrons. The number of hydrogen-bond acceptors (Lipinski definition) is 2. The fraction of sp³-hybridized carbons (Fsp3) is 0.240. The van der Waals surface area contributed by atoms with Gasteiger partial charge in [0.15, 0.2) is 0 Å². The standard InChI is InChI=1S/C25H24N2/c26-17-22-11-12-24-16-25(14-13-23(24)15-22)27(18-20-7-3-1-4-8-20)19-21-9-5-2-6-10-21/h1-12,15,25H,13-14,16,18-19H2. The van der Waals surface area contributed by atoms with Crippen LogP contribution in [0.1, 0.15) is 34.2 Å². The predicted molar refractivity (Wildman–Crippen MR) is 109 cm³/mol. The van der Waals surface area contributed by atoms with Crippen LogP contribution in [0.5, 0.6) is 0 Å². The van der Waals surface area contributed by atoms with Crippen molar-refractivity contribution in [1.82, 2.24) is 4.90 Å². The lowest BCUT2D eigenvalue weighted by Gasteiger charge is -2.35. The summed E-state index contributed by atoms with van der Waals surface area (Å²) in [6, 6.07) is 30.5. The number of aryl methyl sites for hydroxylation is 1. The summed E-state index contributed by atoms with van der Waals surface area (Å²) < 4.78 is 0. The minimum Gasteiger partial charge on any atom is -0.292 e. The molecule has 3 aromatic rings. The monoisotopic (exact) mass is 352 g/mol. The van der Waals surface area contributed by atoms with Gasteiger partial charge < -0.3 is 0 Å². The summed E-state index contributed by atoms with van der Waals surface area (Å²) in [5, 5.41) is 9.15. The first-order valence-corrected chi connectivity index (χ1v) is 9.65. The average molecular weight is 352 g/mol. The zero-order chi connectivity index (χ0) is 18.5. The summed E-state index contributed by atoms with van der Waals surface area (Å²) in [4.78, 5) is 2.62. The summed E-state index contributed by atoms with van der Waals surface area (Å²) in [6.07, 6.45) is 3.25. The number of benzene rings is 3. The van der Waals surface area contributed by atoms with Gasteiger partial charge in [-0.2, -0.15) is 5.26 Å². The van der Waals surface area contributed by atoms with Crippen LogP contribution < -0.4 is 0 Å².